The van der Waals surface area contributed by atoms with Gasteiger partial charge >= 0.3 is 0 Å². The van der Waals surface area contributed by atoms with E-state index >= 15 is 0 Å². The van der Waals surface area contributed by atoms with Gasteiger partial charge in [-0.2, -0.15) is 5.10 Å². The number of aromatic nitrogens is 2. The third kappa shape index (κ3) is 5.94. The summed E-state index contributed by atoms with van der Waals surface area (Å²) in [5.74, 6) is 0. The van der Waals surface area contributed by atoms with Crippen LogP contribution in [-0.4, -0.2) is 58.8 Å². The third-order valence-corrected chi connectivity index (χ3v) is 5.98. The Bertz CT molecular complexity index is 1020. The Morgan fingerprint density at radius 2 is 1.42 bits per heavy atom. The molecule has 0 aliphatic carbocycles. The number of hydrogen-bond acceptors (Lipinski definition) is 5. The summed E-state index contributed by atoms with van der Waals surface area (Å²) in [4.78, 5) is 17.5. The molecule has 162 valence electrons. The molecule has 0 atom stereocenters. The van der Waals surface area contributed by atoms with E-state index in [4.69, 9.17) is 11.6 Å². The van der Waals surface area contributed by atoms with Gasteiger partial charge in [0.2, 0.25) is 0 Å². The molecule has 0 unspecified atom stereocenters. The molecule has 0 saturated carbocycles. The summed E-state index contributed by atoms with van der Waals surface area (Å²) in [6.45, 7) is 7.25. The molecule has 1 saturated heterocycles. The van der Waals surface area contributed by atoms with Crippen molar-refractivity contribution in [3.63, 3.8) is 0 Å². The van der Waals surface area contributed by atoms with Crippen LogP contribution in [0.15, 0.2) is 71.7 Å². The Kier molecular flexibility index (Phi) is 7.35. The second-order valence-corrected chi connectivity index (χ2v) is 8.23. The lowest BCUT2D eigenvalue weighted by molar-refractivity contribution is 0.130. The normalized spacial score (nSPS) is 15.1. The maximum atomic E-state index is 12.6. The molecule has 1 fully saturated rings. The van der Waals surface area contributed by atoms with Crippen molar-refractivity contribution in [2.24, 2.45) is 0 Å². The molecule has 1 aromatic heterocycles. The predicted molar refractivity (Wildman–Crippen MR) is 126 cm³/mol. The van der Waals surface area contributed by atoms with Crippen LogP contribution in [0, 0.1) is 0 Å². The highest BCUT2D eigenvalue weighted by Crippen LogP contribution is 2.15. The van der Waals surface area contributed by atoms with Crippen LogP contribution in [0.2, 0.25) is 5.02 Å². The molecular formula is C24H28ClN5O. The van der Waals surface area contributed by atoms with Gasteiger partial charge in [-0.1, -0.05) is 72.3 Å². The SMILES string of the molecule is O=c1c(Cl)c(NCCN2CCN(Cc3ccccc3)CC2)cnn1Cc1ccccc1. The minimum absolute atomic E-state index is 0.193. The molecule has 0 spiro atoms. The summed E-state index contributed by atoms with van der Waals surface area (Å²) in [5, 5.41) is 7.76. The van der Waals surface area contributed by atoms with E-state index in [0.717, 1.165) is 51.4 Å². The van der Waals surface area contributed by atoms with Crippen LogP contribution in [0.5, 0.6) is 0 Å². The first-order valence-electron chi connectivity index (χ1n) is 10.7. The highest BCUT2D eigenvalue weighted by molar-refractivity contribution is 6.32. The summed E-state index contributed by atoms with van der Waals surface area (Å²) >= 11 is 6.33. The van der Waals surface area contributed by atoms with Gasteiger partial charge in [0.15, 0.2) is 0 Å². The van der Waals surface area contributed by atoms with Gasteiger partial charge in [0.25, 0.3) is 5.56 Å². The summed E-state index contributed by atoms with van der Waals surface area (Å²) in [6, 6.07) is 20.4. The van der Waals surface area contributed by atoms with Gasteiger partial charge in [0, 0.05) is 45.8 Å². The first kappa shape index (κ1) is 21.6. The van der Waals surface area contributed by atoms with Crippen molar-refractivity contribution in [2.75, 3.05) is 44.6 Å². The number of halogens is 1. The molecule has 7 heteroatoms. The predicted octanol–water partition coefficient (Wildman–Crippen LogP) is 3.17. The Labute approximate surface area is 188 Å². The van der Waals surface area contributed by atoms with Crippen LogP contribution in [-0.2, 0) is 13.1 Å². The van der Waals surface area contributed by atoms with Gasteiger partial charge in [-0.25, -0.2) is 4.68 Å². The largest absolute Gasteiger partial charge is 0.381 e. The zero-order chi connectivity index (χ0) is 21.5. The zero-order valence-corrected chi connectivity index (χ0v) is 18.3. The fourth-order valence-corrected chi connectivity index (χ4v) is 4.03. The molecule has 2 heterocycles. The van der Waals surface area contributed by atoms with Crippen LogP contribution in [0.1, 0.15) is 11.1 Å². The van der Waals surface area contributed by atoms with E-state index in [1.54, 1.807) is 6.20 Å². The van der Waals surface area contributed by atoms with E-state index in [1.807, 2.05) is 30.3 Å². The van der Waals surface area contributed by atoms with Crippen LogP contribution >= 0.6 is 11.6 Å². The average molecular weight is 438 g/mol. The Balaban J connectivity index is 1.24. The fourth-order valence-electron chi connectivity index (χ4n) is 3.82. The van der Waals surface area contributed by atoms with Crippen molar-refractivity contribution in [3.8, 4) is 0 Å². The van der Waals surface area contributed by atoms with Crippen molar-refractivity contribution in [3.05, 3.63) is 93.4 Å². The summed E-state index contributed by atoms with van der Waals surface area (Å²) in [6.07, 6.45) is 1.64. The lowest BCUT2D eigenvalue weighted by Gasteiger charge is -2.34. The molecule has 31 heavy (non-hydrogen) atoms. The molecule has 1 aliphatic heterocycles. The summed E-state index contributed by atoms with van der Waals surface area (Å²) in [5.41, 5.74) is 2.70. The molecule has 2 aromatic carbocycles. The van der Waals surface area contributed by atoms with E-state index in [0.29, 0.717) is 12.2 Å². The first-order valence-corrected chi connectivity index (χ1v) is 11.1. The molecular weight excluding hydrogens is 410 g/mol. The van der Waals surface area contributed by atoms with Gasteiger partial charge in [-0.05, 0) is 11.1 Å². The second-order valence-electron chi connectivity index (χ2n) is 7.85. The molecule has 1 N–H and O–H groups in total. The van der Waals surface area contributed by atoms with E-state index in [1.165, 1.54) is 10.2 Å². The number of hydrogen-bond donors (Lipinski definition) is 1. The van der Waals surface area contributed by atoms with E-state index < -0.39 is 0 Å². The van der Waals surface area contributed by atoms with Crippen molar-refractivity contribution in [2.45, 2.75) is 13.1 Å². The van der Waals surface area contributed by atoms with Gasteiger partial charge in [-0.15, -0.1) is 0 Å². The Morgan fingerprint density at radius 1 is 0.839 bits per heavy atom. The lowest BCUT2D eigenvalue weighted by Crippen LogP contribution is -2.47. The van der Waals surface area contributed by atoms with E-state index in [9.17, 15) is 4.79 Å². The van der Waals surface area contributed by atoms with E-state index in [2.05, 4.69) is 50.5 Å². The highest BCUT2D eigenvalue weighted by atomic mass is 35.5. The van der Waals surface area contributed by atoms with Crippen LogP contribution < -0.4 is 10.9 Å². The first-order chi connectivity index (χ1) is 15.2. The number of benzene rings is 2. The molecule has 3 aromatic rings. The number of nitrogens with zero attached hydrogens (tertiary/aromatic N) is 4. The molecule has 6 nitrogen and oxygen atoms in total. The van der Waals surface area contributed by atoms with Crippen LogP contribution in [0.4, 0.5) is 5.69 Å². The van der Waals surface area contributed by atoms with Crippen molar-refractivity contribution >= 4 is 17.3 Å². The standard InChI is InChI=1S/C24H28ClN5O/c25-23-22(17-27-30(24(23)31)19-21-9-5-2-6-10-21)26-11-12-28-13-15-29(16-14-28)18-20-7-3-1-4-8-20/h1-10,17,26H,11-16,18-19H2. The third-order valence-electron chi connectivity index (χ3n) is 5.62. The number of piperazine rings is 1. The maximum absolute atomic E-state index is 12.6. The Morgan fingerprint density at radius 3 is 2.06 bits per heavy atom. The number of anilines is 1. The molecule has 0 radical (unpaired) electrons. The second kappa shape index (κ2) is 10.6. The topological polar surface area (TPSA) is 53.4 Å². The van der Waals surface area contributed by atoms with Crippen molar-refractivity contribution < 1.29 is 0 Å². The highest BCUT2D eigenvalue weighted by Gasteiger charge is 2.17. The monoisotopic (exact) mass is 437 g/mol. The fraction of sp³-hybridized carbons (Fsp3) is 0.333. The van der Waals surface area contributed by atoms with E-state index in [-0.39, 0.29) is 10.6 Å². The molecule has 0 amide bonds. The van der Waals surface area contributed by atoms with Crippen molar-refractivity contribution in [1.82, 2.24) is 19.6 Å². The Hall–Kier alpha value is -2.67. The zero-order valence-electron chi connectivity index (χ0n) is 17.6. The van der Waals surface area contributed by atoms with Crippen LogP contribution in [0.3, 0.4) is 0 Å². The lowest BCUT2D eigenvalue weighted by atomic mass is 10.2. The molecule has 1 aliphatic rings. The summed E-state index contributed by atoms with van der Waals surface area (Å²) < 4.78 is 1.40. The molecule has 0 bridgehead atoms. The average Bonchev–Trinajstić information content (AvgIpc) is 2.81. The number of nitrogens with one attached hydrogen (secondary N) is 1. The maximum Gasteiger partial charge on any atom is 0.287 e. The van der Waals surface area contributed by atoms with Gasteiger partial charge in [0.05, 0.1) is 18.4 Å². The molecule has 4 rings (SSSR count). The minimum atomic E-state index is -0.273. The smallest absolute Gasteiger partial charge is 0.287 e. The van der Waals surface area contributed by atoms with Gasteiger partial charge in [0.1, 0.15) is 5.02 Å². The van der Waals surface area contributed by atoms with Gasteiger partial charge < -0.3 is 5.32 Å². The quantitative estimate of drug-likeness (QED) is 0.586. The van der Waals surface area contributed by atoms with Crippen molar-refractivity contribution in [1.29, 1.82) is 0 Å². The summed E-state index contributed by atoms with van der Waals surface area (Å²) in [7, 11) is 0. The number of rotatable bonds is 8. The van der Waals surface area contributed by atoms with Gasteiger partial charge in [-0.3, -0.25) is 14.6 Å². The van der Waals surface area contributed by atoms with Crippen LogP contribution in [0.25, 0.3) is 0 Å². The minimum Gasteiger partial charge on any atom is -0.381 e.